The normalized spacial score (nSPS) is 10.1. The van der Waals surface area contributed by atoms with Crippen molar-refractivity contribution in [2.24, 2.45) is 0 Å². The summed E-state index contributed by atoms with van der Waals surface area (Å²) in [6, 6.07) is 7.83. The van der Waals surface area contributed by atoms with Crippen LogP contribution in [0.3, 0.4) is 0 Å². The fraction of sp³-hybridized carbons (Fsp3) is 0.455. The van der Waals surface area contributed by atoms with E-state index in [1.54, 1.807) is 0 Å². The molecule has 0 atom stereocenters. The minimum atomic E-state index is 0.789. The number of halogens is 1. The van der Waals surface area contributed by atoms with Gasteiger partial charge in [0.05, 0.1) is 0 Å². The third-order valence-corrected chi connectivity index (χ3v) is 3.08. The lowest BCUT2D eigenvalue weighted by molar-refractivity contribution is 0.992. The van der Waals surface area contributed by atoms with Gasteiger partial charge in [0.2, 0.25) is 0 Å². The van der Waals surface area contributed by atoms with Crippen LogP contribution in [0.25, 0.3) is 0 Å². The third-order valence-electron chi connectivity index (χ3n) is 1.84. The van der Waals surface area contributed by atoms with Gasteiger partial charge < -0.3 is 5.32 Å². The van der Waals surface area contributed by atoms with Crippen molar-refractivity contribution in [1.29, 1.82) is 0 Å². The van der Waals surface area contributed by atoms with Crippen LogP contribution in [0, 0.1) is 0 Å². The fourth-order valence-electron chi connectivity index (χ4n) is 1.12. The Labute approximate surface area is 95.2 Å². The van der Waals surface area contributed by atoms with Gasteiger partial charge in [0.1, 0.15) is 0 Å². The summed E-state index contributed by atoms with van der Waals surface area (Å²) in [4.78, 5) is 0. The van der Waals surface area contributed by atoms with Gasteiger partial charge in [0, 0.05) is 17.3 Å². The fourth-order valence-corrected chi connectivity index (χ4v) is 1.88. The molecule has 0 amide bonds. The Hall–Kier alpha value is -0.340. The molecule has 0 unspecified atom stereocenters. The monoisotopic (exact) mass is 229 g/mol. The van der Waals surface area contributed by atoms with E-state index in [1.807, 2.05) is 36.0 Å². The van der Waals surface area contributed by atoms with Gasteiger partial charge >= 0.3 is 0 Å². The molecule has 0 aromatic heterocycles. The Balaban J connectivity index is 2.15. The Bertz CT molecular complexity index is 248. The molecule has 0 bridgehead atoms. The Kier molecular flexibility index (Phi) is 5.88. The summed E-state index contributed by atoms with van der Waals surface area (Å²) in [5, 5.41) is 4.15. The van der Waals surface area contributed by atoms with Crippen LogP contribution in [-0.2, 0) is 0 Å². The zero-order chi connectivity index (χ0) is 10.2. The first kappa shape index (κ1) is 11.7. The first-order valence-corrected chi connectivity index (χ1v) is 6.43. The lowest BCUT2D eigenvalue weighted by Crippen LogP contribution is -2.02. The minimum absolute atomic E-state index is 0.789. The molecule has 1 nitrogen and oxygen atoms in total. The van der Waals surface area contributed by atoms with Gasteiger partial charge in [-0.3, -0.25) is 0 Å². The predicted molar refractivity (Wildman–Crippen MR) is 67.6 cm³/mol. The summed E-state index contributed by atoms with van der Waals surface area (Å²) in [6.07, 6.45) is 1.21. The second-order valence-electron chi connectivity index (χ2n) is 2.98. The topological polar surface area (TPSA) is 12.0 Å². The van der Waals surface area contributed by atoms with Gasteiger partial charge in [-0.2, -0.15) is 11.8 Å². The van der Waals surface area contributed by atoms with Gasteiger partial charge in [-0.1, -0.05) is 18.5 Å². The van der Waals surface area contributed by atoms with Gasteiger partial charge in [0.15, 0.2) is 0 Å². The molecule has 3 heteroatoms. The molecule has 0 aliphatic rings. The molecule has 1 N–H and O–H groups in total. The van der Waals surface area contributed by atoms with E-state index < -0.39 is 0 Å². The molecule has 0 aliphatic carbocycles. The third kappa shape index (κ3) is 4.77. The Morgan fingerprint density at radius 2 is 2.00 bits per heavy atom. The summed E-state index contributed by atoms with van der Waals surface area (Å²) < 4.78 is 0. The average Bonchev–Trinajstić information content (AvgIpc) is 2.21. The maximum Gasteiger partial charge on any atom is 0.0407 e. The molecule has 0 aliphatic heterocycles. The van der Waals surface area contributed by atoms with Crippen molar-refractivity contribution < 1.29 is 0 Å². The summed E-state index contributed by atoms with van der Waals surface area (Å²) in [5.41, 5.74) is 1.15. The van der Waals surface area contributed by atoms with E-state index in [4.69, 9.17) is 11.6 Å². The molecule has 0 heterocycles. The SMILES string of the molecule is CCSCCCNc1ccc(Cl)cc1. The van der Waals surface area contributed by atoms with E-state index in [0.717, 1.165) is 17.3 Å². The molecule has 0 saturated heterocycles. The second kappa shape index (κ2) is 7.02. The Morgan fingerprint density at radius 3 is 2.64 bits per heavy atom. The quantitative estimate of drug-likeness (QED) is 0.743. The summed E-state index contributed by atoms with van der Waals surface area (Å²) in [6.45, 7) is 3.23. The molecular weight excluding hydrogens is 214 g/mol. The van der Waals surface area contributed by atoms with E-state index in [9.17, 15) is 0 Å². The number of benzene rings is 1. The molecule has 78 valence electrons. The highest BCUT2D eigenvalue weighted by Gasteiger charge is 1.91. The van der Waals surface area contributed by atoms with E-state index >= 15 is 0 Å². The van der Waals surface area contributed by atoms with Crippen LogP contribution in [0.4, 0.5) is 5.69 Å². The lowest BCUT2D eigenvalue weighted by atomic mass is 10.3. The van der Waals surface area contributed by atoms with Gasteiger partial charge in [-0.05, 0) is 42.2 Å². The molecular formula is C11H16ClNS. The molecule has 0 saturated carbocycles. The highest BCUT2D eigenvalue weighted by Crippen LogP contribution is 2.13. The molecule has 1 aromatic carbocycles. The van der Waals surface area contributed by atoms with Crippen LogP contribution in [0.5, 0.6) is 0 Å². The van der Waals surface area contributed by atoms with Crippen molar-refractivity contribution >= 4 is 29.1 Å². The molecule has 1 rings (SSSR count). The largest absolute Gasteiger partial charge is 0.385 e. The zero-order valence-corrected chi connectivity index (χ0v) is 10.00. The second-order valence-corrected chi connectivity index (χ2v) is 4.81. The van der Waals surface area contributed by atoms with Crippen molar-refractivity contribution in [3.63, 3.8) is 0 Å². The van der Waals surface area contributed by atoms with Crippen LogP contribution in [0.15, 0.2) is 24.3 Å². The predicted octanol–water partition coefficient (Wildman–Crippen LogP) is 3.90. The van der Waals surface area contributed by atoms with Crippen molar-refractivity contribution in [3.8, 4) is 0 Å². The van der Waals surface area contributed by atoms with Crippen molar-refractivity contribution in [2.75, 3.05) is 23.4 Å². The van der Waals surface area contributed by atoms with Gasteiger partial charge in [-0.15, -0.1) is 0 Å². The first-order chi connectivity index (χ1) is 6.83. The summed E-state index contributed by atoms with van der Waals surface area (Å²) in [7, 11) is 0. The van der Waals surface area contributed by atoms with Crippen LogP contribution in [0.2, 0.25) is 5.02 Å². The molecule has 0 radical (unpaired) electrons. The van der Waals surface area contributed by atoms with E-state index in [1.165, 1.54) is 17.9 Å². The maximum absolute atomic E-state index is 5.78. The highest BCUT2D eigenvalue weighted by molar-refractivity contribution is 7.99. The van der Waals surface area contributed by atoms with E-state index in [0.29, 0.717) is 0 Å². The standard InChI is InChI=1S/C11H16ClNS/c1-2-14-9-3-8-13-11-6-4-10(12)5-7-11/h4-7,13H,2-3,8-9H2,1H3. The average molecular weight is 230 g/mol. The zero-order valence-electron chi connectivity index (χ0n) is 8.42. The van der Waals surface area contributed by atoms with Crippen molar-refractivity contribution in [3.05, 3.63) is 29.3 Å². The summed E-state index contributed by atoms with van der Waals surface area (Å²) in [5.74, 6) is 2.44. The highest BCUT2D eigenvalue weighted by atomic mass is 35.5. The van der Waals surface area contributed by atoms with Crippen LogP contribution in [0.1, 0.15) is 13.3 Å². The van der Waals surface area contributed by atoms with Crippen molar-refractivity contribution in [1.82, 2.24) is 0 Å². The molecule has 0 spiro atoms. The minimum Gasteiger partial charge on any atom is -0.385 e. The van der Waals surface area contributed by atoms with Crippen LogP contribution < -0.4 is 5.32 Å². The lowest BCUT2D eigenvalue weighted by Gasteiger charge is -2.05. The molecule has 0 fully saturated rings. The number of thioether (sulfide) groups is 1. The van der Waals surface area contributed by atoms with E-state index in [2.05, 4.69) is 12.2 Å². The number of nitrogens with one attached hydrogen (secondary N) is 1. The van der Waals surface area contributed by atoms with Crippen LogP contribution >= 0.6 is 23.4 Å². The molecule has 1 aromatic rings. The maximum atomic E-state index is 5.78. The van der Waals surface area contributed by atoms with E-state index in [-0.39, 0.29) is 0 Å². The van der Waals surface area contributed by atoms with Gasteiger partial charge in [-0.25, -0.2) is 0 Å². The van der Waals surface area contributed by atoms with Crippen molar-refractivity contribution in [2.45, 2.75) is 13.3 Å². The molecule has 14 heavy (non-hydrogen) atoms. The number of hydrogen-bond donors (Lipinski definition) is 1. The van der Waals surface area contributed by atoms with Crippen LogP contribution in [-0.4, -0.2) is 18.1 Å². The number of anilines is 1. The smallest absolute Gasteiger partial charge is 0.0407 e. The number of rotatable bonds is 6. The first-order valence-electron chi connectivity index (χ1n) is 4.90. The Morgan fingerprint density at radius 1 is 1.29 bits per heavy atom. The van der Waals surface area contributed by atoms with Gasteiger partial charge in [0.25, 0.3) is 0 Å². The summed E-state index contributed by atoms with van der Waals surface area (Å²) >= 11 is 7.77. The number of hydrogen-bond acceptors (Lipinski definition) is 2.